The molecule has 1 saturated heterocycles. The predicted molar refractivity (Wildman–Crippen MR) is 98.7 cm³/mol. The largest absolute Gasteiger partial charge is 0.369 e. The minimum absolute atomic E-state index is 0.339. The lowest BCUT2D eigenvalue weighted by molar-refractivity contribution is 0.112. The van der Waals surface area contributed by atoms with Crippen LogP contribution in [-0.4, -0.2) is 45.2 Å². The third-order valence-corrected chi connectivity index (χ3v) is 6.58. The number of rotatable bonds is 4. The number of hydrogen-bond donors (Lipinski definition) is 0. The Morgan fingerprint density at radius 1 is 0.920 bits per heavy atom. The second kappa shape index (κ2) is 6.98. The van der Waals surface area contributed by atoms with Crippen LogP contribution in [0.3, 0.4) is 0 Å². The Morgan fingerprint density at radius 3 is 2.16 bits per heavy atom. The fraction of sp³-hybridized carbons (Fsp3) is 0.316. The molecule has 1 aliphatic rings. The van der Waals surface area contributed by atoms with Gasteiger partial charge in [0.2, 0.25) is 10.0 Å². The second-order valence-electron chi connectivity index (χ2n) is 6.32. The summed E-state index contributed by atoms with van der Waals surface area (Å²) in [5, 5.41) is 0. The fourth-order valence-electron chi connectivity index (χ4n) is 3.20. The van der Waals surface area contributed by atoms with Crippen LogP contribution in [0.2, 0.25) is 0 Å². The van der Waals surface area contributed by atoms with Gasteiger partial charge in [0, 0.05) is 37.4 Å². The van der Waals surface area contributed by atoms with Crippen LogP contribution >= 0.6 is 0 Å². The van der Waals surface area contributed by atoms with Crippen LogP contribution in [0, 0.1) is 13.8 Å². The number of piperazine rings is 1. The Hall–Kier alpha value is -2.18. The smallest absolute Gasteiger partial charge is 0.243 e. The summed E-state index contributed by atoms with van der Waals surface area (Å²) in [5.74, 6) is 0. The Morgan fingerprint density at radius 2 is 1.56 bits per heavy atom. The molecule has 6 heteroatoms. The number of hydrogen-bond acceptors (Lipinski definition) is 4. The van der Waals surface area contributed by atoms with E-state index in [-0.39, 0.29) is 0 Å². The van der Waals surface area contributed by atoms with Gasteiger partial charge in [0.15, 0.2) is 0 Å². The molecule has 0 spiro atoms. The average Bonchev–Trinajstić information content (AvgIpc) is 2.64. The van der Waals surface area contributed by atoms with E-state index < -0.39 is 10.0 Å². The van der Waals surface area contributed by atoms with E-state index in [9.17, 15) is 13.2 Å². The Bertz CT molecular complexity index is 871. The third-order valence-electron chi connectivity index (χ3n) is 4.67. The molecule has 5 nitrogen and oxygen atoms in total. The number of nitrogens with zero attached hydrogens (tertiary/aromatic N) is 2. The molecular formula is C19H22N2O3S. The van der Waals surface area contributed by atoms with Crippen LogP contribution in [0.25, 0.3) is 0 Å². The minimum atomic E-state index is -3.44. The highest BCUT2D eigenvalue weighted by Gasteiger charge is 2.28. The number of carbonyl (C=O) groups excluding carboxylic acids is 1. The van der Waals surface area contributed by atoms with Crippen LogP contribution in [0.1, 0.15) is 21.5 Å². The van der Waals surface area contributed by atoms with Crippen LogP contribution in [0.4, 0.5) is 5.69 Å². The molecule has 1 aliphatic heterocycles. The zero-order chi connectivity index (χ0) is 18.0. The molecule has 2 aromatic carbocycles. The van der Waals surface area contributed by atoms with E-state index in [0.29, 0.717) is 36.6 Å². The van der Waals surface area contributed by atoms with E-state index in [1.54, 1.807) is 28.6 Å². The molecule has 25 heavy (non-hydrogen) atoms. The number of aldehydes is 1. The van der Waals surface area contributed by atoms with Crippen molar-refractivity contribution in [1.82, 2.24) is 4.31 Å². The quantitative estimate of drug-likeness (QED) is 0.789. The maximum Gasteiger partial charge on any atom is 0.243 e. The first-order valence-electron chi connectivity index (χ1n) is 8.30. The van der Waals surface area contributed by atoms with Crippen LogP contribution in [0.15, 0.2) is 47.4 Å². The van der Waals surface area contributed by atoms with Crippen molar-refractivity contribution in [3.63, 3.8) is 0 Å². The molecule has 2 aromatic rings. The molecule has 0 radical (unpaired) electrons. The monoisotopic (exact) mass is 358 g/mol. The first kappa shape index (κ1) is 17.6. The SMILES string of the molecule is Cc1cc(N2CCN(S(=O)(=O)c3ccccc3)CC2)c(C)cc1C=O. The molecule has 0 bridgehead atoms. The minimum Gasteiger partial charge on any atom is -0.369 e. The van der Waals surface area contributed by atoms with Crippen molar-refractivity contribution in [2.75, 3.05) is 31.1 Å². The lowest BCUT2D eigenvalue weighted by Gasteiger charge is -2.36. The third kappa shape index (κ3) is 3.45. The molecule has 3 rings (SSSR count). The summed E-state index contributed by atoms with van der Waals surface area (Å²) in [6.07, 6.45) is 0.872. The summed E-state index contributed by atoms with van der Waals surface area (Å²) in [7, 11) is -3.44. The standard InChI is InChI=1S/C19H22N2O3S/c1-15-13-19(16(2)12-17(15)14-22)20-8-10-21(11-9-20)25(23,24)18-6-4-3-5-7-18/h3-7,12-14H,8-11H2,1-2H3. The maximum atomic E-state index is 12.7. The highest BCUT2D eigenvalue weighted by atomic mass is 32.2. The van der Waals surface area contributed by atoms with E-state index in [2.05, 4.69) is 4.90 Å². The van der Waals surface area contributed by atoms with Gasteiger partial charge in [-0.25, -0.2) is 8.42 Å². The van der Waals surface area contributed by atoms with Gasteiger partial charge in [0.25, 0.3) is 0 Å². The van der Waals surface area contributed by atoms with Crippen LogP contribution in [-0.2, 0) is 10.0 Å². The summed E-state index contributed by atoms with van der Waals surface area (Å²) in [5.41, 5.74) is 3.74. The van der Waals surface area contributed by atoms with E-state index >= 15 is 0 Å². The molecule has 0 N–H and O–H groups in total. The number of anilines is 1. The van der Waals surface area contributed by atoms with Gasteiger partial charge in [-0.15, -0.1) is 0 Å². The first-order valence-corrected chi connectivity index (χ1v) is 9.74. The van der Waals surface area contributed by atoms with Crippen molar-refractivity contribution in [3.8, 4) is 0 Å². The Kier molecular flexibility index (Phi) is 4.92. The highest BCUT2D eigenvalue weighted by Crippen LogP contribution is 2.26. The van der Waals surface area contributed by atoms with Crippen LogP contribution in [0.5, 0.6) is 0 Å². The van der Waals surface area contributed by atoms with Gasteiger partial charge in [-0.1, -0.05) is 18.2 Å². The van der Waals surface area contributed by atoms with E-state index in [0.717, 1.165) is 23.1 Å². The lowest BCUT2D eigenvalue weighted by atomic mass is 10.0. The summed E-state index contributed by atoms with van der Waals surface area (Å²) < 4.78 is 26.9. The summed E-state index contributed by atoms with van der Waals surface area (Å²) >= 11 is 0. The van der Waals surface area contributed by atoms with Gasteiger partial charge in [0.05, 0.1) is 4.90 Å². The van der Waals surface area contributed by atoms with Gasteiger partial charge >= 0.3 is 0 Å². The summed E-state index contributed by atoms with van der Waals surface area (Å²) in [4.78, 5) is 13.6. The Labute approximate surface area is 148 Å². The molecule has 0 aliphatic carbocycles. The van der Waals surface area contributed by atoms with Crippen molar-refractivity contribution in [2.45, 2.75) is 18.7 Å². The molecule has 0 unspecified atom stereocenters. The summed E-state index contributed by atoms with van der Waals surface area (Å²) in [6, 6.07) is 12.5. The van der Waals surface area contributed by atoms with Crippen molar-refractivity contribution in [3.05, 3.63) is 59.2 Å². The predicted octanol–water partition coefficient (Wildman–Crippen LogP) is 2.63. The van der Waals surface area contributed by atoms with Crippen molar-refractivity contribution < 1.29 is 13.2 Å². The van der Waals surface area contributed by atoms with Crippen molar-refractivity contribution in [1.29, 1.82) is 0 Å². The molecule has 132 valence electrons. The number of sulfonamides is 1. The van der Waals surface area contributed by atoms with E-state index in [1.165, 1.54) is 0 Å². The summed E-state index contributed by atoms with van der Waals surface area (Å²) in [6.45, 7) is 6.06. The molecule has 0 aromatic heterocycles. The van der Waals surface area contributed by atoms with Gasteiger partial charge in [0.1, 0.15) is 6.29 Å². The zero-order valence-electron chi connectivity index (χ0n) is 14.5. The fourth-order valence-corrected chi connectivity index (χ4v) is 4.65. The van der Waals surface area contributed by atoms with Crippen molar-refractivity contribution in [2.24, 2.45) is 0 Å². The Balaban J connectivity index is 1.77. The average molecular weight is 358 g/mol. The number of aryl methyl sites for hydroxylation is 2. The van der Waals surface area contributed by atoms with Gasteiger partial charge in [-0.3, -0.25) is 4.79 Å². The van der Waals surface area contributed by atoms with Gasteiger partial charge in [-0.05, 0) is 49.2 Å². The number of benzene rings is 2. The van der Waals surface area contributed by atoms with Crippen molar-refractivity contribution >= 4 is 22.0 Å². The molecule has 1 heterocycles. The zero-order valence-corrected chi connectivity index (χ0v) is 15.3. The normalized spacial score (nSPS) is 16.0. The molecule has 0 saturated carbocycles. The highest BCUT2D eigenvalue weighted by molar-refractivity contribution is 7.89. The lowest BCUT2D eigenvalue weighted by Crippen LogP contribution is -2.48. The van der Waals surface area contributed by atoms with E-state index in [1.807, 2.05) is 32.0 Å². The topological polar surface area (TPSA) is 57.7 Å². The maximum absolute atomic E-state index is 12.7. The number of carbonyl (C=O) groups is 1. The first-order chi connectivity index (χ1) is 11.9. The van der Waals surface area contributed by atoms with Crippen LogP contribution < -0.4 is 4.90 Å². The van der Waals surface area contributed by atoms with Gasteiger partial charge in [-0.2, -0.15) is 4.31 Å². The molecule has 0 atom stereocenters. The van der Waals surface area contributed by atoms with Gasteiger partial charge < -0.3 is 4.90 Å². The molecular weight excluding hydrogens is 336 g/mol. The van der Waals surface area contributed by atoms with E-state index in [4.69, 9.17) is 0 Å². The molecule has 0 amide bonds. The second-order valence-corrected chi connectivity index (χ2v) is 8.26. The molecule has 1 fully saturated rings.